The predicted octanol–water partition coefficient (Wildman–Crippen LogP) is 3.53. The number of hydrogen-bond donors (Lipinski definition) is 1. The molecule has 1 amide bonds. The molecule has 0 bridgehead atoms. The number of alkyl halides is 2. The minimum atomic E-state index is -2.85. The van der Waals surface area contributed by atoms with Crippen molar-refractivity contribution in [3.63, 3.8) is 0 Å². The maximum Gasteiger partial charge on any atom is 0.326 e. The van der Waals surface area contributed by atoms with Gasteiger partial charge in [-0.05, 0) is 37.3 Å². The molecule has 1 saturated carbocycles. The van der Waals surface area contributed by atoms with E-state index in [9.17, 15) is 23.5 Å². The van der Waals surface area contributed by atoms with Crippen molar-refractivity contribution < 1.29 is 28.0 Å². The minimum absolute atomic E-state index is 0.00577. The van der Waals surface area contributed by atoms with Crippen LogP contribution in [0.2, 0.25) is 0 Å². The topological polar surface area (TPSA) is 96.5 Å². The van der Waals surface area contributed by atoms with Gasteiger partial charge in [-0.25, -0.2) is 4.79 Å². The van der Waals surface area contributed by atoms with E-state index in [4.69, 9.17) is 0 Å². The summed E-state index contributed by atoms with van der Waals surface area (Å²) in [6, 6.07) is 5.28. The van der Waals surface area contributed by atoms with Gasteiger partial charge in [-0.15, -0.1) is 0 Å². The molecule has 2 fully saturated rings. The zero-order valence-corrected chi connectivity index (χ0v) is 14.9. The Morgan fingerprint density at radius 1 is 1.18 bits per heavy atom. The van der Waals surface area contributed by atoms with E-state index >= 15 is 0 Å². The fourth-order valence-corrected chi connectivity index (χ4v) is 4.32. The van der Waals surface area contributed by atoms with Crippen molar-refractivity contribution in [2.45, 2.75) is 50.6 Å². The number of benzene rings is 1. The highest BCUT2D eigenvalue weighted by molar-refractivity contribution is 5.97. The molecule has 2 heterocycles. The van der Waals surface area contributed by atoms with Gasteiger partial charge in [0.2, 0.25) is 5.82 Å². The van der Waals surface area contributed by atoms with Gasteiger partial charge in [0.25, 0.3) is 11.8 Å². The molecule has 1 aliphatic heterocycles. The quantitative estimate of drug-likeness (QED) is 0.856. The Morgan fingerprint density at radius 3 is 2.54 bits per heavy atom. The molecule has 9 heteroatoms. The van der Waals surface area contributed by atoms with Crippen molar-refractivity contribution in [2.24, 2.45) is 5.92 Å². The van der Waals surface area contributed by atoms with Gasteiger partial charge in [0.15, 0.2) is 0 Å². The molecule has 1 aromatic heterocycles. The lowest BCUT2D eigenvalue weighted by Crippen LogP contribution is -2.46. The molecule has 0 radical (unpaired) electrons. The second-order valence-corrected chi connectivity index (χ2v) is 7.25. The van der Waals surface area contributed by atoms with Crippen LogP contribution in [0.5, 0.6) is 0 Å². The number of carboxylic acid groups (broad SMARTS) is 1. The predicted molar refractivity (Wildman–Crippen MR) is 92.6 cm³/mol. The summed E-state index contributed by atoms with van der Waals surface area (Å²) in [7, 11) is 0. The molecule has 1 N–H and O–H groups in total. The molecule has 3 unspecified atom stereocenters. The van der Waals surface area contributed by atoms with Crippen molar-refractivity contribution >= 4 is 11.9 Å². The molecule has 148 valence electrons. The monoisotopic (exact) mass is 391 g/mol. The normalized spacial score (nSPS) is 24.4. The highest BCUT2D eigenvalue weighted by atomic mass is 19.3. The number of aromatic nitrogens is 2. The second-order valence-electron chi connectivity index (χ2n) is 7.25. The van der Waals surface area contributed by atoms with E-state index in [0.29, 0.717) is 17.5 Å². The molecular formula is C19H19F2N3O4. The summed E-state index contributed by atoms with van der Waals surface area (Å²) in [5.74, 6) is -1.84. The lowest BCUT2D eigenvalue weighted by molar-refractivity contribution is -0.141. The number of fused-ring (bicyclic) bond motifs is 1. The number of likely N-dealkylation sites (tertiary alicyclic amines) is 1. The van der Waals surface area contributed by atoms with E-state index in [1.54, 1.807) is 0 Å². The largest absolute Gasteiger partial charge is 0.480 e. The first-order chi connectivity index (χ1) is 13.5. The van der Waals surface area contributed by atoms with Crippen LogP contribution in [0.25, 0.3) is 11.4 Å². The van der Waals surface area contributed by atoms with Crippen LogP contribution < -0.4 is 0 Å². The van der Waals surface area contributed by atoms with Crippen LogP contribution in [0.3, 0.4) is 0 Å². The number of nitrogens with zero attached hydrogens (tertiary/aromatic N) is 3. The summed E-state index contributed by atoms with van der Waals surface area (Å²) in [4.78, 5) is 29.9. The van der Waals surface area contributed by atoms with Crippen LogP contribution in [0.15, 0.2) is 28.8 Å². The van der Waals surface area contributed by atoms with Crippen LogP contribution in [0, 0.1) is 5.92 Å². The smallest absolute Gasteiger partial charge is 0.326 e. The highest BCUT2D eigenvalue weighted by Gasteiger charge is 2.47. The Morgan fingerprint density at radius 2 is 1.89 bits per heavy atom. The Balaban J connectivity index is 1.57. The molecule has 4 rings (SSSR count). The third-order valence-corrected chi connectivity index (χ3v) is 5.63. The fourth-order valence-electron chi connectivity index (χ4n) is 4.32. The lowest BCUT2D eigenvalue weighted by Gasteiger charge is -2.33. The van der Waals surface area contributed by atoms with E-state index < -0.39 is 24.3 Å². The van der Waals surface area contributed by atoms with Crippen LogP contribution >= 0.6 is 0 Å². The number of rotatable bonds is 4. The van der Waals surface area contributed by atoms with Crippen molar-refractivity contribution in [2.75, 3.05) is 0 Å². The first-order valence-electron chi connectivity index (χ1n) is 9.23. The molecule has 28 heavy (non-hydrogen) atoms. The van der Waals surface area contributed by atoms with E-state index in [-0.39, 0.29) is 23.7 Å². The Kier molecular flexibility index (Phi) is 4.82. The van der Waals surface area contributed by atoms with Gasteiger partial charge in [0, 0.05) is 17.2 Å². The number of hydrogen-bond acceptors (Lipinski definition) is 5. The van der Waals surface area contributed by atoms with Crippen LogP contribution in [0.4, 0.5) is 8.78 Å². The second kappa shape index (κ2) is 7.29. The fraction of sp³-hybridized carbons (Fsp3) is 0.474. The zero-order chi connectivity index (χ0) is 19.8. The third kappa shape index (κ3) is 3.25. The Bertz CT molecular complexity index is 884. The lowest BCUT2D eigenvalue weighted by atomic mass is 9.84. The maximum absolute atomic E-state index is 13.1. The van der Waals surface area contributed by atoms with Gasteiger partial charge in [-0.1, -0.05) is 30.1 Å². The summed E-state index contributed by atoms with van der Waals surface area (Å²) in [6.45, 7) is 0. The van der Waals surface area contributed by atoms with Gasteiger partial charge in [-0.3, -0.25) is 4.79 Å². The van der Waals surface area contributed by atoms with E-state index in [2.05, 4.69) is 14.7 Å². The van der Waals surface area contributed by atoms with E-state index in [1.165, 1.54) is 29.2 Å². The molecule has 3 atom stereocenters. The van der Waals surface area contributed by atoms with Crippen LogP contribution in [-0.4, -0.2) is 44.1 Å². The summed E-state index contributed by atoms with van der Waals surface area (Å²) >= 11 is 0. The zero-order valence-electron chi connectivity index (χ0n) is 14.9. The molecule has 1 saturated heterocycles. The van der Waals surface area contributed by atoms with Gasteiger partial charge in [0.1, 0.15) is 6.04 Å². The van der Waals surface area contributed by atoms with Crippen LogP contribution in [0.1, 0.15) is 54.8 Å². The summed E-state index contributed by atoms with van der Waals surface area (Å²) < 4.78 is 29.7. The van der Waals surface area contributed by atoms with Gasteiger partial charge >= 0.3 is 12.4 Å². The first kappa shape index (κ1) is 18.5. The molecular weight excluding hydrogens is 372 g/mol. The molecule has 0 spiro atoms. The number of halogens is 2. The molecule has 1 aromatic carbocycles. The number of carboxylic acids is 1. The number of amides is 1. The highest BCUT2D eigenvalue weighted by Crippen LogP contribution is 2.40. The Hall–Kier alpha value is -2.84. The maximum atomic E-state index is 13.1. The molecule has 1 aliphatic carbocycles. The van der Waals surface area contributed by atoms with Crippen molar-refractivity contribution in [3.05, 3.63) is 35.7 Å². The standard InChI is InChI=1S/C19H19F2N3O4/c20-15(21)17-22-16(23-28-17)10-5-7-11(8-6-10)18(25)24-13-4-2-1-3-12(13)9-14(24)19(26)27/h5-8,12-15H,1-4,9H2,(H,26,27). The molecule has 7 nitrogen and oxygen atoms in total. The van der Waals surface area contributed by atoms with Gasteiger partial charge in [-0.2, -0.15) is 13.8 Å². The Labute approximate surface area is 159 Å². The summed E-state index contributed by atoms with van der Waals surface area (Å²) in [5, 5.41) is 13.1. The van der Waals surface area contributed by atoms with Gasteiger partial charge < -0.3 is 14.5 Å². The SMILES string of the molecule is O=C(O)C1CC2CCCCC2N1C(=O)c1ccc(-c2noc(C(F)F)n2)cc1. The number of carbonyl (C=O) groups excluding carboxylic acids is 1. The first-order valence-corrected chi connectivity index (χ1v) is 9.23. The molecule has 2 aromatic rings. The average molecular weight is 391 g/mol. The van der Waals surface area contributed by atoms with Crippen molar-refractivity contribution in [1.82, 2.24) is 15.0 Å². The summed E-state index contributed by atoms with van der Waals surface area (Å²) in [6.07, 6.45) is 1.45. The van der Waals surface area contributed by atoms with Crippen molar-refractivity contribution in [1.29, 1.82) is 0 Å². The summed E-state index contributed by atoms with van der Waals surface area (Å²) in [5.41, 5.74) is 0.776. The third-order valence-electron chi connectivity index (χ3n) is 5.63. The van der Waals surface area contributed by atoms with Crippen molar-refractivity contribution in [3.8, 4) is 11.4 Å². The number of aliphatic carboxylic acids is 1. The van der Waals surface area contributed by atoms with E-state index in [1.807, 2.05) is 0 Å². The van der Waals surface area contributed by atoms with Gasteiger partial charge in [0.05, 0.1) is 0 Å². The van der Waals surface area contributed by atoms with Crippen LogP contribution in [-0.2, 0) is 4.79 Å². The average Bonchev–Trinajstić information content (AvgIpc) is 3.33. The minimum Gasteiger partial charge on any atom is -0.480 e. The molecule has 2 aliphatic rings. The van der Waals surface area contributed by atoms with E-state index in [0.717, 1.165) is 25.7 Å². The number of carbonyl (C=O) groups is 2.